The van der Waals surface area contributed by atoms with E-state index in [2.05, 4.69) is 0 Å². The average molecular weight is 327 g/mol. The Labute approximate surface area is 144 Å². The lowest BCUT2D eigenvalue weighted by molar-refractivity contribution is 0.0125. The number of aryl methyl sites for hydroxylation is 1. The molecular formula is C20H29N3O. The Balaban J connectivity index is 1.86. The van der Waals surface area contributed by atoms with E-state index in [9.17, 15) is 5.11 Å². The van der Waals surface area contributed by atoms with E-state index < -0.39 is 5.72 Å². The maximum Gasteiger partial charge on any atom is 0.120 e. The van der Waals surface area contributed by atoms with Crippen molar-refractivity contribution in [2.75, 3.05) is 5.73 Å². The molecule has 130 valence electrons. The fourth-order valence-corrected chi connectivity index (χ4v) is 2.92. The van der Waals surface area contributed by atoms with E-state index in [1.54, 1.807) is 0 Å². The number of aliphatic hydroxyl groups is 1. The van der Waals surface area contributed by atoms with Gasteiger partial charge in [-0.1, -0.05) is 43.3 Å². The highest BCUT2D eigenvalue weighted by molar-refractivity contribution is 5.39. The Hall–Kier alpha value is -1.88. The van der Waals surface area contributed by atoms with Crippen LogP contribution in [0.3, 0.4) is 0 Å². The molecule has 0 bridgehead atoms. The summed E-state index contributed by atoms with van der Waals surface area (Å²) in [5, 5.41) is 10.7. The second kappa shape index (κ2) is 8.29. The first-order valence-corrected chi connectivity index (χ1v) is 8.57. The second-order valence-corrected chi connectivity index (χ2v) is 6.61. The van der Waals surface area contributed by atoms with Gasteiger partial charge in [0.25, 0.3) is 0 Å². The second-order valence-electron chi connectivity index (χ2n) is 6.61. The molecule has 0 aromatic heterocycles. The Kier molecular flexibility index (Phi) is 6.37. The summed E-state index contributed by atoms with van der Waals surface area (Å²) in [7, 11) is 0. The van der Waals surface area contributed by atoms with E-state index in [-0.39, 0.29) is 5.92 Å². The zero-order valence-corrected chi connectivity index (χ0v) is 14.4. The fourth-order valence-electron chi connectivity index (χ4n) is 2.92. The third-order valence-corrected chi connectivity index (χ3v) is 4.71. The Morgan fingerprint density at radius 2 is 1.75 bits per heavy atom. The van der Waals surface area contributed by atoms with E-state index in [0.29, 0.717) is 13.0 Å². The number of benzene rings is 2. The molecule has 0 fully saturated rings. The quantitative estimate of drug-likeness (QED) is 0.340. The van der Waals surface area contributed by atoms with Crippen molar-refractivity contribution in [2.24, 2.45) is 11.5 Å². The van der Waals surface area contributed by atoms with E-state index in [1.807, 2.05) is 55.5 Å². The molecule has 2 atom stereocenters. The van der Waals surface area contributed by atoms with Crippen molar-refractivity contribution in [3.63, 3.8) is 0 Å². The Morgan fingerprint density at radius 3 is 2.42 bits per heavy atom. The summed E-state index contributed by atoms with van der Waals surface area (Å²) >= 11 is 0. The molecule has 0 amide bonds. The first kappa shape index (κ1) is 18.5. The molecule has 0 spiro atoms. The van der Waals surface area contributed by atoms with Crippen molar-refractivity contribution in [3.05, 3.63) is 65.2 Å². The van der Waals surface area contributed by atoms with E-state index in [1.165, 1.54) is 5.56 Å². The monoisotopic (exact) mass is 327 g/mol. The molecule has 4 heteroatoms. The molecule has 2 aromatic carbocycles. The van der Waals surface area contributed by atoms with E-state index in [0.717, 1.165) is 36.1 Å². The van der Waals surface area contributed by atoms with Gasteiger partial charge in [-0.2, -0.15) is 0 Å². The third kappa shape index (κ3) is 5.06. The lowest BCUT2D eigenvalue weighted by Crippen LogP contribution is -2.44. The fraction of sp³-hybridized carbons (Fsp3) is 0.400. The van der Waals surface area contributed by atoms with Crippen LogP contribution in [0.2, 0.25) is 0 Å². The molecule has 7 N–H and O–H groups in total. The number of unbranched alkanes of at least 4 members (excludes halogenated alkanes) is 1. The summed E-state index contributed by atoms with van der Waals surface area (Å²) in [6.07, 6.45) is 3.39. The van der Waals surface area contributed by atoms with Gasteiger partial charge in [0.1, 0.15) is 5.72 Å². The van der Waals surface area contributed by atoms with Gasteiger partial charge in [0.15, 0.2) is 0 Å². The highest BCUT2D eigenvalue weighted by Gasteiger charge is 2.29. The first-order valence-electron chi connectivity index (χ1n) is 8.57. The molecule has 0 aliphatic heterocycles. The molecule has 0 saturated heterocycles. The van der Waals surface area contributed by atoms with Gasteiger partial charge in [-0.05, 0) is 54.5 Å². The van der Waals surface area contributed by atoms with Crippen LogP contribution >= 0.6 is 0 Å². The molecule has 0 saturated carbocycles. The summed E-state index contributed by atoms with van der Waals surface area (Å²) in [4.78, 5) is 0. The number of hydrogen-bond donors (Lipinski definition) is 4. The number of anilines is 1. The van der Waals surface area contributed by atoms with Gasteiger partial charge in [-0.25, -0.2) is 0 Å². The first-order chi connectivity index (χ1) is 11.4. The van der Waals surface area contributed by atoms with Crippen molar-refractivity contribution >= 4 is 5.69 Å². The van der Waals surface area contributed by atoms with E-state index >= 15 is 0 Å². The van der Waals surface area contributed by atoms with Crippen LogP contribution in [-0.4, -0.2) is 10.8 Å². The SMILES string of the molecule is CC(c1cccc(CN)c1)C(N)(O)CCCCc1ccc(N)cc1. The zero-order chi connectivity index (χ0) is 17.6. The third-order valence-electron chi connectivity index (χ3n) is 4.71. The van der Waals surface area contributed by atoms with Crippen molar-refractivity contribution in [2.45, 2.75) is 50.8 Å². The molecule has 0 radical (unpaired) electrons. The van der Waals surface area contributed by atoms with Gasteiger partial charge in [0.2, 0.25) is 0 Å². The molecule has 0 aliphatic rings. The van der Waals surface area contributed by atoms with Gasteiger partial charge < -0.3 is 22.3 Å². The molecule has 2 unspecified atom stereocenters. The lowest BCUT2D eigenvalue weighted by atomic mass is 9.86. The molecule has 2 aromatic rings. The van der Waals surface area contributed by atoms with Crippen LogP contribution in [0.25, 0.3) is 0 Å². The highest BCUT2D eigenvalue weighted by atomic mass is 16.3. The summed E-state index contributed by atoms with van der Waals surface area (Å²) < 4.78 is 0. The van der Waals surface area contributed by atoms with Crippen LogP contribution in [0.1, 0.15) is 48.8 Å². The van der Waals surface area contributed by atoms with Crippen LogP contribution in [0.4, 0.5) is 5.69 Å². The van der Waals surface area contributed by atoms with Crippen molar-refractivity contribution in [1.29, 1.82) is 0 Å². The minimum absolute atomic E-state index is 0.138. The van der Waals surface area contributed by atoms with Crippen LogP contribution < -0.4 is 17.2 Å². The number of nitrogen functional groups attached to an aromatic ring is 1. The van der Waals surface area contributed by atoms with Gasteiger partial charge in [0.05, 0.1) is 0 Å². The van der Waals surface area contributed by atoms with Gasteiger partial charge in [0, 0.05) is 18.2 Å². The summed E-state index contributed by atoms with van der Waals surface area (Å²) in [5.74, 6) is -0.138. The van der Waals surface area contributed by atoms with Crippen molar-refractivity contribution < 1.29 is 5.11 Å². The van der Waals surface area contributed by atoms with Crippen LogP contribution in [0.5, 0.6) is 0 Å². The standard InChI is InChI=1S/C20H29N3O/c1-15(18-7-4-6-17(13-18)14-21)20(23,24)12-3-2-5-16-8-10-19(22)11-9-16/h4,6-11,13,15,24H,2-3,5,12,14,21-23H2,1H3. The normalized spacial score (nSPS) is 15.0. The summed E-state index contributed by atoms with van der Waals surface area (Å²) in [6.45, 7) is 2.46. The van der Waals surface area contributed by atoms with Crippen LogP contribution in [0, 0.1) is 0 Å². The van der Waals surface area contributed by atoms with Gasteiger partial charge in [-0.15, -0.1) is 0 Å². The minimum atomic E-state index is -1.21. The highest BCUT2D eigenvalue weighted by Crippen LogP contribution is 2.29. The molecule has 24 heavy (non-hydrogen) atoms. The predicted molar refractivity (Wildman–Crippen MR) is 100 cm³/mol. The maximum absolute atomic E-state index is 10.7. The number of nitrogens with two attached hydrogens (primary N) is 3. The largest absolute Gasteiger partial charge is 0.399 e. The predicted octanol–water partition coefficient (Wildman–Crippen LogP) is 2.89. The smallest absolute Gasteiger partial charge is 0.120 e. The Morgan fingerprint density at radius 1 is 1.04 bits per heavy atom. The Bertz CT molecular complexity index is 638. The van der Waals surface area contributed by atoms with Crippen LogP contribution in [-0.2, 0) is 13.0 Å². The number of rotatable bonds is 8. The summed E-state index contributed by atoms with van der Waals surface area (Å²) in [5.41, 5.74) is 20.5. The molecule has 0 aliphatic carbocycles. The van der Waals surface area contributed by atoms with Crippen molar-refractivity contribution in [1.82, 2.24) is 0 Å². The zero-order valence-electron chi connectivity index (χ0n) is 14.4. The van der Waals surface area contributed by atoms with E-state index in [4.69, 9.17) is 17.2 Å². The van der Waals surface area contributed by atoms with Gasteiger partial charge >= 0.3 is 0 Å². The number of hydrogen-bond acceptors (Lipinski definition) is 4. The molecule has 0 heterocycles. The minimum Gasteiger partial charge on any atom is -0.399 e. The maximum atomic E-state index is 10.7. The topological polar surface area (TPSA) is 98.3 Å². The lowest BCUT2D eigenvalue weighted by Gasteiger charge is -2.31. The van der Waals surface area contributed by atoms with Crippen molar-refractivity contribution in [3.8, 4) is 0 Å². The molecular weight excluding hydrogens is 298 g/mol. The van der Waals surface area contributed by atoms with Crippen LogP contribution in [0.15, 0.2) is 48.5 Å². The molecule has 4 nitrogen and oxygen atoms in total. The molecule has 2 rings (SSSR count). The average Bonchev–Trinajstić information content (AvgIpc) is 2.59. The van der Waals surface area contributed by atoms with Gasteiger partial charge in [-0.3, -0.25) is 0 Å². The summed E-state index contributed by atoms with van der Waals surface area (Å²) in [6, 6.07) is 15.9.